The van der Waals surface area contributed by atoms with Crippen LogP contribution in [-0.2, 0) is 11.2 Å². The number of ether oxygens (including phenoxy) is 1. The SMILES string of the molecule is CCc1ccc(C(C)Nc2cc(Cl)ccc2C(=O)OC)s1. The van der Waals surface area contributed by atoms with Gasteiger partial charge in [-0.15, -0.1) is 11.3 Å². The third-order valence-corrected chi connectivity index (χ3v) is 4.86. The predicted octanol–water partition coefficient (Wildman–Crippen LogP) is 4.92. The highest BCUT2D eigenvalue weighted by Gasteiger charge is 2.15. The van der Waals surface area contributed by atoms with Gasteiger partial charge in [0.25, 0.3) is 0 Å². The van der Waals surface area contributed by atoms with E-state index in [4.69, 9.17) is 16.3 Å². The molecule has 1 atom stereocenters. The summed E-state index contributed by atoms with van der Waals surface area (Å²) in [5.41, 5.74) is 1.18. The average molecular weight is 324 g/mol. The second-order valence-corrected chi connectivity index (χ2v) is 6.34. The normalized spacial score (nSPS) is 12.0. The van der Waals surface area contributed by atoms with E-state index in [1.54, 1.807) is 29.5 Å². The topological polar surface area (TPSA) is 38.3 Å². The van der Waals surface area contributed by atoms with Crippen LogP contribution >= 0.6 is 22.9 Å². The minimum atomic E-state index is -0.373. The molecule has 1 N–H and O–H groups in total. The van der Waals surface area contributed by atoms with Gasteiger partial charge in [0, 0.05) is 14.8 Å². The molecule has 0 spiro atoms. The maximum atomic E-state index is 11.8. The summed E-state index contributed by atoms with van der Waals surface area (Å²) in [7, 11) is 1.37. The van der Waals surface area contributed by atoms with Crippen molar-refractivity contribution in [1.82, 2.24) is 0 Å². The number of nitrogens with one attached hydrogen (secondary N) is 1. The highest BCUT2D eigenvalue weighted by molar-refractivity contribution is 7.12. The lowest BCUT2D eigenvalue weighted by molar-refractivity contribution is 0.0602. The van der Waals surface area contributed by atoms with Crippen molar-refractivity contribution in [3.8, 4) is 0 Å². The zero-order chi connectivity index (χ0) is 15.4. The molecule has 0 fully saturated rings. The number of carbonyl (C=O) groups is 1. The molecule has 0 aliphatic rings. The van der Waals surface area contributed by atoms with E-state index in [0.29, 0.717) is 16.3 Å². The highest BCUT2D eigenvalue weighted by Crippen LogP contribution is 2.29. The molecule has 21 heavy (non-hydrogen) atoms. The Hall–Kier alpha value is -1.52. The molecule has 1 aromatic carbocycles. The number of thiophene rings is 1. The number of halogens is 1. The molecule has 0 bridgehead atoms. The summed E-state index contributed by atoms with van der Waals surface area (Å²) in [6, 6.07) is 9.45. The van der Waals surface area contributed by atoms with Crippen molar-refractivity contribution in [3.63, 3.8) is 0 Å². The molecule has 1 aromatic heterocycles. The maximum absolute atomic E-state index is 11.8. The van der Waals surface area contributed by atoms with Crippen molar-refractivity contribution in [2.75, 3.05) is 12.4 Å². The Kier molecular flexibility index (Phi) is 5.26. The molecule has 0 saturated carbocycles. The Balaban J connectivity index is 2.25. The van der Waals surface area contributed by atoms with Crippen molar-refractivity contribution >= 4 is 34.6 Å². The van der Waals surface area contributed by atoms with Crippen LogP contribution in [0.15, 0.2) is 30.3 Å². The number of hydrogen-bond donors (Lipinski definition) is 1. The summed E-state index contributed by atoms with van der Waals surface area (Å²) in [5.74, 6) is -0.373. The summed E-state index contributed by atoms with van der Waals surface area (Å²) in [6.07, 6.45) is 1.03. The molecular weight excluding hydrogens is 306 g/mol. The summed E-state index contributed by atoms with van der Waals surface area (Å²) in [5, 5.41) is 3.93. The van der Waals surface area contributed by atoms with Crippen molar-refractivity contribution in [3.05, 3.63) is 50.7 Å². The van der Waals surface area contributed by atoms with Crippen LogP contribution in [0.5, 0.6) is 0 Å². The van der Waals surface area contributed by atoms with E-state index in [0.717, 1.165) is 6.42 Å². The van der Waals surface area contributed by atoms with Gasteiger partial charge in [-0.3, -0.25) is 0 Å². The number of benzene rings is 1. The average Bonchev–Trinajstić information content (AvgIpc) is 2.95. The van der Waals surface area contributed by atoms with E-state index >= 15 is 0 Å². The van der Waals surface area contributed by atoms with Crippen LogP contribution < -0.4 is 5.32 Å². The van der Waals surface area contributed by atoms with E-state index in [9.17, 15) is 4.79 Å². The molecule has 5 heteroatoms. The summed E-state index contributed by atoms with van der Waals surface area (Å²) >= 11 is 7.80. The van der Waals surface area contributed by atoms with Gasteiger partial charge in [-0.05, 0) is 43.7 Å². The van der Waals surface area contributed by atoms with Crippen LogP contribution in [0.3, 0.4) is 0 Å². The Bertz CT molecular complexity index is 639. The number of carbonyl (C=O) groups excluding carboxylic acids is 1. The summed E-state index contributed by atoms with van der Waals surface area (Å²) in [4.78, 5) is 14.4. The Morgan fingerprint density at radius 1 is 1.38 bits per heavy atom. The molecule has 0 saturated heterocycles. The first-order valence-corrected chi connectivity index (χ1v) is 7.97. The summed E-state index contributed by atoms with van der Waals surface area (Å²) < 4.78 is 4.81. The van der Waals surface area contributed by atoms with Gasteiger partial charge in [-0.25, -0.2) is 4.79 Å². The number of hydrogen-bond acceptors (Lipinski definition) is 4. The molecule has 2 rings (SSSR count). The lowest BCUT2D eigenvalue weighted by atomic mass is 10.1. The van der Waals surface area contributed by atoms with Crippen LogP contribution in [0, 0.1) is 0 Å². The smallest absolute Gasteiger partial charge is 0.339 e. The number of anilines is 1. The number of methoxy groups -OCH3 is 1. The van der Waals surface area contributed by atoms with Crippen LogP contribution in [0.1, 0.15) is 40.0 Å². The van der Waals surface area contributed by atoms with Crippen molar-refractivity contribution in [2.45, 2.75) is 26.3 Å². The quantitative estimate of drug-likeness (QED) is 0.793. The largest absolute Gasteiger partial charge is 0.465 e. The second kappa shape index (κ2) is 6.96. The van der Waals surface area contributed by atoms with E-state index in [1.807, 2.05) is 0 Å². The molecule has 0 aliphatic carbocycles. The third-order valence-electron chi connectivity index (χ3n) is 3.22. The van der Waals surface area contributed by atoms with E-state index < -0.39 is 0 Å². The third kappa shape index (κ3) is 3.77. The fourth-order valence-corrected chi connectivity index (χ4v) is 3.17. The Morgan fingerprint density at radius 3 is 2.76 bits per heavy atom. The lowest BCUT2D eigenvalue weighted by Gasteiger charge is -2.16. The van der Waals surface area contributed by atoms with Gasteiger partial charge >= 0.3 is 5.97 Å². The summed E-state index contributed by atoms with van der Waals surface area (Å²) in [6.45, 7) is 4.20. The zero-order valence-electron chi connectivity index (χ0n) is 12.3. The molecule has 2 aromatic rings. The fourth-order valence-electron chi connectivity index (χ4n) is 2.05. The molecule has 0 aliphatic heterocycles. The van der Waals surface area contributed by atoms with Crippen LogP contribution in [-0.4, -0.2) is 13.1 Å². The molecule has 3 nitrogen and oxygen atoms in total. The predicted molar refractivity (Wildman–Crippen MR) is 88.5 cm³/mol. The van der Waals surface area contributed by atoms with Gasteiger partial charge in [-0.1, -0.05) is 18.5 Å². The zero-order valence-corrected chi connectivity index (χ0v) is 13.8. The Labute approximate surface area is 133 Å². The molecule has 1 heterocycles. The molecule has 0 radical (unpaired) electrons. The van der Waals surface area contributed by atoms with Crippen molar-refractivity contribution in [2.24, 2.45) is 0 Å². The number of aryl methyl sites for hydroxylation is 1. The first-order valence-electron chi connectivity index (χ1n) is 6.78. The van der Waals surface area contributed by atoms with Crippen LogP contribution in [0.25, 0.3) is 0 Å². The van der Waals surface area contributed by atoms with Crippen LogP contribution in [0.2, 0.25) is 5.02 Å². The Morgan fingerprint density at radius 2 is 2.14 bits per heavy atom. The number of esters is 1. The minimum absolute atomic E-state index is 0.0946. The highest BCUT2D eigenvalue weighted by atomic mass is 35.5. The molecule has 112 valence electrons. The first kappa shape index (κ1) is 15.9. The molecule has 0 amide bonds. The van der Waals surface area contributed by atoms with Crippen molar-refractivity contribution in [1.29, 1.82) is 0 Å². The van der Waals surface area contributed by atoms with Gasteiger partial charge in [-0.2, -0.15) is 0 Å². The van der Waals surface area contributed by atoms with E-state index in [2.05, 4.69) is 31.3 Å². The monoisotopic (exact) mass is 323 g/mol. The minimum Gasteiger partial charge on any atom is -0.465 e. The van der Waals surface area contributed by atoms with Crippen LogP contribution in [0.4, 0.5) is 5.69 Å². The van der Waals surface area contributed by atoms with Crippen molar-refractivity contribution < 1.29 is 9.53 Å². The second-order valence-electron chi connectivity index (χ2n) is 4.71. The number of rotatable bonds is 5. The molecular formula is C16H18ClNO2S. The lowest BCUT2D eigenvalue weighted by Crippen LogP contribution is -2.11. The van der Waals surface area contributed by atoms with Gasteiger partial charge in [0.15, 0.2) is 0 Å². The van der Waals surface area contributed by atoms with E-state index in [-0.39, 0.29) is 12.0 Å². The van der Waals surface area contributed by atoms with E-state index in [1.165, 1.54) is 16.9 Å². The molecule has 1 unspecified atom stereocenters. The maximum Gasteiger partial charge on any atom is 0.339 e. The standard InChI is InChI=1S/C16H18ClNO2S/c1-4-12-6-8-15(21-12)10(2)18-14-9-11(17)5-7-13(14)16(19)20-3/h5-10,18H,4H2,1-3H3. The fraction of sp³-hybridized carbons (Fsp3) is 0.312. The van der Waals surface area contributed by atoms with Gasteiger partial charge in [0.1, 0.15) is 0 Å². The van der Waals surface area contributed by atoms with Gasteiger partial charge in [0.05, 0.1) is 24.4 Å². The van der Waals surface area contributed by atoms with Gasteiger partial charge < -0.3 is 10.1 Å². The first-order chi connectivity index (χ1) is 10.0. The van der Waals surface area contributed by atoms with Gasteiger partial charge in [0.2, 0.25) is 0 Å².